The summed E-state index contributed by atoms with van der Waals surface area (Å²) < 4.78 is 11.2. The van der Waals surface area contributed by atoms with Gasteiger partial charge < -0.3 is 20.1 Å². The molecular weight excluding hydrogens is 460 g/mol. The van der Waals surface area contributed by atoms with Crippen LogP contribution >= 0.6 is 15.9 Å². The Morgan fingerprint density at radius 2 is 1.35 bits per heavy atom. The SMILES string of the molecule is COc1ccc(/C=C(\NC(=O)c2ccc(Br)cc2)C(=O)Nc2ccc(OC)cc2)cc1. The van der Waals surface area contributed by atoms with Gasteiger partial charge in [0.05, 0.1) is 14.2 Å². The van der Waals surface area contributed by atoms with Crippen molar-refractivity contribution in [2.24, 2.45) is 0 Å². The number of hydrogen-bond donors (Lipinski definition) is 2. The van der Waals surface area contributed by atoms with E-state index in [-0.39, 0.29) is 5.70 Å². The summed E-state index contributed by atoms with van der Waals surface area (Å²) in [4.78, 5) is 25.7. The molecule has 0 saturated heterocycles. The largest absolute Gasteiger partial charge is 0.497 e. The van der Waals surface area contributed by atoms with Gasteiger partial charge in [0.15, 0.2) is 0 Å². The Bertz CT molecular complexity index is 1080. The van der Waals surface area contributed by atoms with Crippen molar-refractivity contribution in [2.75, 3.05) is 19.5 Å². The van der Waals surface area contributed by atoms with Gasteiger partial charge in [0.1, 0.15) is 17.2 Å². The zero-order chi connectivity index (χ0) is 22.2. The highest BCUT2D eigenvalue weighted by atomic mass is 79.9. The first-order valence-corrected chi connectivity index (χ1v) is 10.2. The van der Waals surface area contributed by atoms with Gasteiger partial charge in [-0.1, -0.05) is 28.1 Å². The monoisotopic (exact) mass is 480 g/mol. The van der Waals surface area contributed by atoms with Crippen molar-refractivity contribution in [3.8, 4) is 11.5 Å². The van der Waals surface area contributed by atoms with Crippen LogP contribution in [0.25, 0.3) is 6.08 Å². The highest BCUT2D eigenvalue weighted by Gasteiger charge is 2.15. The molecular formula is C24H21BrN2O4. The number of benzene rings is 3. The Morgan fingerprint density at radius 1 is 0.806 bits per heavy atom. The van der Waals surface area contributed by atoms with Gasteiger partial charge in [0.25, 0.3) is 11.8 Å². The van der Waals surface area contributed by atoms with Crippen LogP contribution in [0.4, 0.5) is 5.69 Å². The maximum atomic E-state index is 13.0. The summed E-state index contributed by atoms with van der Waals surface area (Å²) in [7, 11) is 3.15. The molecule has 6 nitrogen and oxygen atoms in total. The minimum atomic E-state index is -0.452. The average molecular weight is 481 g/mol. The summed E-state index contributed by atoms with van der Waals surface area (Å²) in [5, 5.41) is 5.50. The van der Waals surface area contributed by atoms with Crippen molar-refractivity contribution < 1.29 is 19.1 Å². The predicted octanol–water partition coefficient (Wildman–Crippen LogP) is 4.88. The molecule has 0 aliphatic rings. The fourth-order valence-electron chi connectivity index (χ4n) is 2.69. The molecule has 2 amide bonds. The van der Waals surface area contributed by atoms with E-state index < -0.39 is 11.8 Å². The second-order valence-corrected chi connectivity index (χ2v) is 7.39. The van der Waals surface area contributed by atoms with Crippen LogP contribution in [-0.4, -0.2) is 26.0 Å². The number of rotatable bonds is 7. The summed E-state index contributed by atoms with van der Waals surface area (Å²) in [6.45, 7) is 0. The third-order valence-corrected chi connectivity index (χ3v) is 4.90. The summed E-state index contributed by atoms with van der Waals surface area (Å²) in [5.41, 5.74) is 1.84. The molecule has 2 N–H and O–H groups in total. The van der Waals surface area contributed by atoms with Gasteiger partial charge >= 0.3 is 0 Å². The first-order valence-electron chi connectivity index (χ1n) is 9.36. The number of amides is 2. The highest BCUT2D eigenvalue weighted by molar-refractivity contribution is 9.10. The maximum Gasteiger partial charge on any atom is 0.272 e. The molecule has 0 spiro atoms. The Labute approximate surface area is 189 Å². The lowest BCUT2D eigenvalue weighted by atomic mass is 10.1. The van der Waals surface area contributed by atoms with Gasteiger partial charge in [0.2, 0.25) is 0 Å². The van der Waals surface area contributed by atoms with E-state index in [0.29, 0.717) is 22.7 Å². The van der Waals surface area contributed by atoms with Crippen LogP contribution in [-0.2, 0) is 4.79 Å². The second-order valence-electron chi connectivity index (χ2n) is 6.47. The summed E-state index contributed by atoms with van der Waals surface area (Å²) in [5.74, 6) is 0.527. The molecule has 7 heteroatoms. The fraction of sp³-hybridized carbons (Fsp3) is 0.0833. The molecule has 0 radical (unpaired) electrons. The van der Waals surface area contributed by atoms with E-state index >= 15 is 0 Å². The topological polar surface area (TPSA) is 76.7 Å². The zero-order valence-electron chi connectivity index (χ0n) is 17.0. The molecule has 0 unspecified atom stereocenters. The van der Waals surface area contributed by atoms with Gasteiger partial charge in [-0.2, -0.15) is 0 Å². The van der Waals surface area contributed by atoms with Crippen LogP contribution in [0.5, 0.6) is 11.5 Å². The van der Waals surface area contributed by atoms with E-state index in [1.54, 1.807) is 93.1 Å². The number of carbonyl (C=O) groups excluding carboxylic acids is 2. The molecule has 0 saturated carbocycles. The molecule has 0 aliphatic carbocycles. The first kappa shape index (κ1) is 22.1. The van der Waals surface area contributed by atoms with E-state index in [2.05, 4.69) is 26.6 Å². The number of nitrogens with one attached hydrogen (secondary N) is 2. The van der Waals surface area contributed by atoms with Crippen molar-refractivity contribution in [2.45, 2.75) is 0 Å². The number of anilines is 1. The summed E-state index contributed by atoms with van der Waals surface area (Å²) in [6.07, 6.45) is 1.61. The van der Waals surface area contributed by atoms with Crippen LogP contribution in [0.3, 0.4) is 0 Å². The maximum absolute atomic E-state index is 13.0. The van der Waals surface area contributed by atoms with Crippen LogP contribution in [0.15, 0.2) is 83.0 Å². The van der Waals surface area contributed by atoms with E-state index in [1.165, 1.54) is 0 Å². The van der Waals surface area contributed by atoms with Gasteiger partial charge in [0, 0.05) is 15.7 Å². The van der Waals surface area contributed by atoms with Gasteiger partial charge in [-0.25, -0.2) is 0 Å². The fourth-order valence-corrected chi connectivity index (χ4v) is 2.96. The van der Waals surface area contributed by atoms with Crippen molar-refractivity contribution in [3.05, 3.63) is 94.1 Å². The Hall–Kier alpha value is -3.58. The predicted molar refractivity (Wildman–Crippen MR) is 124 cm³/mol. The lowest BCUT2D eigenvalue weighted by Crippen LogP contribution is -2.30. The van der Waals surface area contributed by atoms with Gasteiger partial charge in [-0.05, 0) is 72.3 Å². The second kappa shape index (κ2) is 10.4. The molecule has 158 valence electrons. The first-order chi connectivity index (χ1) is 15.0. The standard InChI is InChI=1S/C24H21BrN2O4/c1-30-20-11-3-16(4-12-20)15-22(27-23(28)17-5-7-18(25)8-6-17)24(29)26-19-9-13-21(31-2)14-10-19/h3-15H,1-2H3,(H,26,29)(H,27,28)/b22-15-. The summed E-state index contributed by atoms with van der Waals surface area (Å²) >= 11 is 3.35. The lowest BCUT2D eigenvalue weighted by molar-refractivity contribution is -0.113. The minimum absolute atomic E-state index is 0.105. The molecule has 3 aromatic rings. The number of methoxy groups -OCH3 is 2. The van der Waals surface area contributed by atoms with E-state index in [1.807, 2.05) is 0 Å². The number of ether oxygens (including phenoxy) is 2. The molecule has 0 atom stereocenters. The Morgan fingerprint density at radius 3 is 1.90 bits per heavy atom. The van der Waals surface area contributed by atoms with Crippen molar-refractivity contribution in [1.82, 2.24) is 5.32 Å². The molecule has 0 aliphatic heterocycles. The van der Waals surface area contributed by atoms with Crippen molar-refractivity contribution >= 4 is 39.5 Å². The van der Waals surface area contributed by atoms with Crippen LogP contribution < -0.4 is 20.1 Å². The Balaban J connectivity index is 1.86. The number of carbonyl (C=O) groups is 2. The highest BCUT2D eigenvalue weighted by Crippen LogP contribution is 2.18. The lowest BCUT2D eigenvalue weighted by Gasteiger charge is -2.12. The summed E-state index contributed by atoms with van der Waals surface area (Å²) in [6, 6.07) is 20.9. The quantitative estimate of drug-likeness (QED) is 0.472. The van der Waals surface area contributed by atoms with Crippen LogP contribution in [0.1, 0.15) is 15.9 Å². The van der Waals surface area contributed by atoms with E-state index in [0.717, 1.165) is 10.0 Å². The average Bonchev–Trinajstić information content (AvgIpc) is 2.80. The Kier molecular flexibility index (Phi) is 7.45. The molecule has 0 bridgehead atoms. The molecule has 0 aromatic heterocycles. The third-order valence-electron chi connectivity index (χ3n) is 4.37. The number of halogens is 1. The normalized spacial score (nSPS) is 10.9. The molecule has 3 aromatic carbocycles. The van der Waals surface area contributed by atoms with Crippen LogP contribution in [0.2, 0.25) is 0 Å². The van der Waals surface area contributed by atoms with Crippen LogP contribution in [0, 0.1) is 0 Å². The van der Waals surface area contributed by atoms with Gasteiger partial charge in [-0.3, -0.25) is 9.59 Å². The zero-order valence-corrected chi connectivity index (χ0v) is 18.6. The molecule has 0 heterocycles. The van der Waals surface area contributed by atoms with E-state index in [4.69, 9.17) is 9.47 Å². The number of hydrogen-bond acceptors (Lipinski definition) is 4. The van der Waals surface area contributed by atoms with Gasteiger partial charge in [-0.15, -0.1) is 0 Å². The third kappa shape index (κ3) is 6.20. The van der Waals surface area contributed by atoms with Crippen molar-refractivity contribution in [3.63, 3.8) is 0 Å². The molecule has 3 rings (SSSR count). The minimum Gasteiger partial charge on any atom is -0.497 e. The van der Waals surface area contributed by atoms with E-state index in [9.17, 15) is 9.59 Å². The molecule has 0 fully saturated rings. The smallest absolute Gasteiger partial charge is 0.272 e. The van der Waals surface area contributed by atoms with Crippen molar-refractivity contribution in [1.29, 1.82) is 0 Å². The molecule has 31 heavy (non-hydrogen) atoms.